The second kappa shape index (κ2) is 3.60. The van der Waals surface area contributed by atoms with E-state index in [4.69, 9.17) is 4.74 Å². The number of para-hydroxylation sites is 1. The highest BCUT2D eigenvalue weighted by Gasteiger charge is 2.19. The molecule has 0 amide bonds. The van der Waals surface area contributed by atoms with E-state index in [0.29, 0.717) is 11.7 Å². The van der Waals surface area contributed by atoms with Gasteiger partial charge >= 0.3 is 0 Å². The largest absolute Gasteiger partial charge is 0.490 e. The van der Waals surface area contributed by atoms with Crippen LogP contribution in [-0.2, 0) is 0 Å². The van der Waals surface area contributed by atoms with Gasteiger partial charge in [0.05, 0.1) is 11.7 Å². The molecule has 0 unspecified atom stereocenters. The van der Waals surface area contributed by atoms with Gasteiger partial charge in [0.25, 0.3) is 0 Å². The van der Waals surface area contributed by atoms with E-state index in [2.05, 4.69) is 0 Å². The molecule has 2 rings (SSSR count). The molecule has 0 heterocycles. The summed E-state index contributed by atoms with van der Waals surface area (Å²) in [4.78, 5) is 10.6. The Morgan fingerprint density at radius 2 is 2.08 bits per heavy atom. The van der Waals surface area contributed by atoms with Gasteiger partial charge in [-0.05, 0) is 31.4 Å². The highest BCUT2D eigenvalue weighted by Crippen LogP contribution is 2.26. The summed E-state index contributed by atoms with van der Waals surface area (Å²) in [5.41, 5.74) is 0.648. The zero-order valence-corrected chi connectivity index (χ0v) is 7.40. The monoisotopic (exact) mass is 176 g/mol. The molecule has 0 radical (unpaired) electrons. The van der Waals surface area contributed by atoms with E-state index in [0.717, 1.165) is 24.9 Å². The molecular formula is C11H12O2. The van der Waals surface area contributed by atoms with Crippen molar-refractivity contribution in [3.63, 3.8) is 0 Å². The molecule has 2 heteroatoms. The van der Waals surface area contributed by atoms with Crippen LogP contribution in [0.5, 0.6) is 5.75 Å². The van der Waals surface area contributed by atoms with Crippen LogP contribution in [0.4, 0.5) is 0 Å². The summed E-state index contributed by atoms with van der Waals surface area (Å²) in [7, 11) is 0. The highest BCUT2D eigenvalue weighted by molar-refractivity contribution is 5.79. The van der Waals surface area contributed by atoms with Gasteiger partial charge in [-0.2, -0.15) is 0 Å². The Hall–Kier alpha value is -1.31. The second-order valence-electron chi connectivity index (χ2n) is 3.33. The summed E-state index contributed by atoms with van der Waals surface area (Å²) in [6.45, 7) is 0. The van der Waals surface area contributed by atoms with Crippen LogP contribution in [0, 0.1) is 0 Å². The predicted octanol–water partition coefficient (Wildman–Crippen LogP) is 2.43. The van der Waals surface area contributed by atoms with Gasteiger partial charge in [0, 0.05) is 0 Å². The SMILES string of the molecule is O=Cc1ccccc1OC1CCC1. The molecule has 0 N–H and O–H groups in total. The van der Waals surface area contributed by atoms with Crippen molar-refractivity contribution < 1.29 is 9.53 Å². The molecule has 1 aromatic carbocycles. The molecule has 0 atom stereocenters. The molecule has 68 valence electrons. The molecule has 13 heavy (non-hydrogen) atoms. The molecule has 1 aliphatic carbocycles. The first-order valence-corrected chi connectivity index (χ1v) is 4.61. The van der Waals surface area contributed by atoms with Crippen LogP contribution in [0.1, 0.15) is 29.6 Å². The lowest BCUT2D eigenvalue weighted by atomic mass is 9.96. The zero-order valence-electron chi connectivity index (χ0n) is 7.40. The summed E-state index contributed by atoms with van der Waals surface area (Å²) in [5.74, 6) is 0.724. The fourth-order valence-electron chi connectivity index (χ4n) is 1.35. The number of carbonyl (C=O) groups is 1. The molecule has 0 saturated heterocycles. The van der Waals surface area contributed by atoms with Gasteiger partial charge in [-0.3, -0.25) is 4.79 Å². The fraction of sp³-hybridized carbons (Fsp3) is 0.364. The maximum Gasteiger partial charge on any atom is 0.153 e. The summed E-state index contributed by atoms with van der Waals surface area (Å²) in [5, 5.41) is 0. The van der Waals surface area contributed by atoms with Crippen molar-refractivity contribution in [2.75, 3.05) is 0 Å². The third-order valence-electron chi connectivity index (χ3n) is 2.39. The summed E-state index contributed by atoms with van der Waals surface area (Å²) in [6.07, 6.45) is 4.66. The molecule has 1 aromatic rings. The van der Waals surface area contributed by atoms with E-state index in [1.54, 1.807) is 6.07 Å². The van der Waals surface area contributed by atoms with E-state index in [1.807, 2.05) is 18.2 Å². The summed E-state index contributed by atoms with van der Waals surface area (Å²) >= 11 is 0. The first kappa shape index (κ1) is 8.30. The van der Waals surface area contributed by atoms with Gasteiger partial charge < -0.3 is 4.74 Å². The van der Waals surface area contributed by atoms with Gasteiger partial charge in [0.1, 0.15) is 5.75 Å². The molecule has 0 bridgehead atoms. The minimum Gasteiger partial charge on any atom is -0.490 e. The van der Waals surface area contributed by atoms with Crippen LogP contribution < -0.4 is 4.74 Å². The van der Waals surface area contributed by atoms with E-state index in [9.17, 15) is 4.79 Å². The third kappa shape index (κ3) is 1.72. The Morgan fingerprint density at radius 3 is 2.69 bits per heavy atom. The maximum absolute atomic E-state index is 10.6. The van der Waals surface area contributed by atoms with Crippen LogP contribution >= 0.6 is 0 Å². The van der Waals surface area contributed by atoms with Crippen LogP contribution in [-0.4, -0.2) is 12.4 Å². The molecule has 1 aliphatic rings. The lowest BCUT2D eigenvalue weighted by Gasteiger charge is -2.26. The fourth-order valence-corrected chi connectivity index (χ4v) is 1.35. The van der Waals surface area contributed by atoms with Crippen LogP contribution in [0.25, 0.3) is 0 Å². The van der Waals surface area contributed by atoms with Crippen LogP contribution in [0.3, 0.4) is 0 Å². The molecule has 0 aromatic heterocycles. The molecule has 0 aliphatic heterocycles. The summed E-state index contributed by atoms with van der Waals surface area (Å²) in [6, 6.07) is 7.36. The third-order valence-corrected chi connectivity index (χ3v) is 2.39. The Kier molecular flexibility index (Phi) is 2.30. The van der Waals surface area contributed by atoms with Gasteiger partial charge in [-0.25, -0.2) is 0 Å². The topological polar surface area (TPSA) is 26.3 Å². The Balaban J connectivity index is 2.12. The lowest BCUT2D eigenvalue weighted by molar-refractivity contribution is 0.107. The lowest BCUT2D eigenvalue weighted by Crippen LogP contribution is -2.24. The van der Waals surface area contributed by atoms with E-state index in [1.165, 1.54) is 6.42 Å². The van der Waals surface area contributed by atoms with Gasteiger partial charge in [0.2, 0.25) is 0 Å². The smallest absolute Gasteiger partial charge is 0.153 e. The van der Waals surface area contributed by atoms with Gasteiger partial charge in [-0.15, -0.1) is 0 Å². The zero-order chi connectivity index (χ0) is 9.10. The van der Waals surface area contributed by atoms with Crippen molar-refractivity contribution in [3.8, 4) is 5.75 Å². The number of hydrogen-bond acceptors (Lipinski definition) is 2. The van der Waals surface area contributed by atoms with Crippen molar-refractivity contribution >= 4 is 6.29 Å². The molecule has 1 fully saturated rings. The standard InChI is InChI=1S/C11H12O2/c12-8-9-4-1-2-7-11(9)13-10-5-3-6-10/h1-2,4,7-8,10H,3,5-6H2. The van der Waals surface area contributed by atoms with E-state index in [-0.39, 0.29) is 0 Å². The number of benzene rings is 1. The van der Waals surface area contributed by atoms with Crippen molar-refractivity contribution in [1.29, 1.82) is 0 Å². The highest BCUT2D eigenvalue weighted by atomic mass is 16.5. The average Bonchev–Trinajstić information content (AvgIpc) is 2.12. The normalized spacial score (nSPS) is 16.3. The maximum atomic E-state index is 10.6. The van der Waals surface area contributed by atoms with E-state index < -0.39 is 0 Å². The second-order valence-corrected chi connectivity index (χ2v) is 3.33. The van der Waals surface area contributed by atoms with Crippen LogP contribution in [0.2, 0.25) is 0 Å². The first-order valence-electron chi connectivity index (χ1n) is 4.61. The van der Waals surface area contributed by atoms with Gasteiger partial charge in [0.15, 0.2) is 6.29 Å². The Labute approximate surface area is 77.5 Å². The number of rotatable bonds is 3. The summed E-state index contributed by atoms with van der Waals surface area (Å²) < 4.78 is 5.64. The molecule has 2 nitrogen and oxygen atoms in total. The molecule has 0 spiro atoms. The molecular weight excluding hydrogens is 164 g/mol. The predicted molar refractivity (Wildman–Crippen MR) is 50.1 cm³/mol. The first-order chi connectivity index (χ1) is 6.40. The number of hydrogen-bond donors (Lipinski definition) is 0. The molecule has 1 saturated carbocycles. The van der Waals surface area contributed by atoms with Crippen molar-refractivity contribution in [1.82, 2.24) is 0 Å². The Morgan fingerprint density at radius 1 is 1.31 bits per heavy atom. The number of aldehydes is 1. The van der Waals surface area contributed by atoms with Crippen molar-refractivity contribution in [2.45, 2.75) is 25.4 Å². The van der Waals surface area contributed by atoms with Gasteiger partial charge in [-0.1, -0.05) is 12.1 Å². The quantitative estimate of drug-likeness (QED) is 0.661. The minimum atomic E-state index is 0.334. The van der Waals surface area contributed by atoms with Crippen LogP contribution in [0.15, 0.2) is 24.3 Å². The number of carbonyl (C=O) groups excluding carboxylic acids is 1. The van der Waals surface area contributed by atoms with Crippen molar-refractivity contribution in [3.05, 3.63) is 29.8 Å². The minimum absolute atomic E-state index is 0.334. The Bertz CT molecular complexity index is 303. The van der Waals surface area contributed by atoms with Crippen molar-refractivity contribution in [2.24, 2.45) is 0 Å². The average molecular weight is 176 g/mol. The number of ether oxygens (including phenoxy) is 1. The van der Waals surface area contributed by atoms with E-state index >= 15 is 0 Å².